The second-order valence-electron chi connectivity index (χ2n) is 9.47. The molecule has 1 aliphatic heterocycles. The third-order valence-corrected chi connectivity index (χ3v) is 6.35. The zero-order valence-corrected chi connectivity index (χ0v) is 21.0. The summed E-state index contributed by atoms with van der Waals surface area (Å²) in [6.07, 6.45) is 2.93. The molecular formula is C25H36ClN5O3. The maximum atomic E-state index is 13.3. The van der Waals surface area contributed by atoms with E-state index in [1.54, 1.807) is 11.1 Å². The number of carbonyl (C=O) groups is 3. The molecule has 0 spiro atoms. The molecule has 2 heterocycles. The van der Waals surface area contributed by atoms with Crippen LogP contribution in [0.25, 0.3) is 10.9 Å². The minimum atomic E-state index is -0.723. The molecule has 34 heavy (non-hydrogen) atoms. The maximum absolute atomic E-state index is 13.3. The monoisotopic (exact) mass is 489 g/mol. The number of H-pyrrole nitrogens is 1. The number of para-hydroxylation sites is 1. The Labute approximate surface area is 206 Å². The summed E-state index contributed by atoms with van der Waals surface area (Å²) in [5.74, 6) is -0.660. The Bertz CT molecular complexity index is 959. The van der Waals surface area contributed by atoms with Crippen molar-refractivity contribution in [1.82, 2.24) is 26.1 Å². The van der Waals surface area contributed by atoms with E-state index in [-0.39, 0.29) is 34.9 Å². The van der Waals surface area contributed by atoms with E-state index in [1.165, 1.54) is 0 Å². The average Bonchev–Trinajstić information content (AvgIpc) is 3.39. The van der Waals surface area contributed by atoms with Crippen molar-refractivity contribution >= 4 is 40.2 Å². The topological polar surface area (TPSA) is 106 Å². The van der Waals surface area contributed by atoms with Gasteiger partial charge in [-0.25, -0.2) is 5.01 Å². The highest BCUT2D eigenvalue weighted by molar-refractivity contribution is 6.20. The van der Waals surface area contributed by atoms with E-state index in [9.17, 15) is 14.4 Å². The van der Waals surface area contributed by atoms with Gasteiger partial charge in [-0.05, 0) is 37.3 Å². The van der Waals surface area contributed by atoms with Crippen molar-refractivity contribution in [3.8, 4) is 0 Å². The lowest BCUT2D eigenvalue weighted by atomic mass is 10.0. The SMILES string of the molecule is CCCC(Cl)CN(C[C@H]1CCNC1=O)NC(=O)C(CC(C)C)NC(=O)c1cc2ccccc2[nH]1. The van der Waals surface area contributed by atoms with Crippen molar-refractivity contribution in [2.75, 3.05) is 19.6 Å². The summed E-state index contributed by atoms with van der Waals surface area (Å²) in [5.41, 5.74) is 4.22. The van der Waals surface area contributed by atoms with Gasteiger partial charge in [0.2, 0.25) is 5.91 Å². The van der Waals surface area contributed by atoms with Gasteiger partial charge in [-0.3, -0.25) is 19.8 Å². The summed E-state index contributed by atoms with van der Waals surface area (Å²) in [4.78, 5) is 41.5. The van der Waals surface area contributed by atoms with Crippen LogP contribution in [-0.4, -0.2) is 58.8 Å². The number of hydrogen-bond donors (Lipinski definition) is 4. The van der Waals surface area contributed by atoms with Gasteiger partial charge in [0.05, 0.1) is 5.92 Å². The number of aromatic nitrogens is 1. The van der Waals surface area contributed by atoms with E-state index < -0.39 is 6.04 Å². The fraction of sp³-hybridized carbons (Fsp3) is 0.560. The molecule has 2 aromatic rings. The van der Waals surface area contributed by atoms with E-state index in [2.05, 4.69) is 28.0 Å². The Balaban J connectivity index is 1.71. The van der Waals surface area contributed by atoms with Crippen LogP contribution in [-0.2, 0) is 9.59 Å². The van der Waals surface area contributed by atoms with E-state index in [1.807, 2.05) is 38.1 Å². The predicted octanol–water partition coefficient (Wildman–Crippen LogP) is 3.19. The number of benzene rings is 1. The van der Waals surface area contributed by atoms with Gasteiger partial charge in [0.1, 0.15) is 11.7 Å². The molecule has 3 atom stereocenters. The minimum absolute atomic E-state index is 0.00768. The average molecular weight is 490 g/mol. The molecule has 1 aliphatic rings. The van der Waals surface area contributed by atoms with Crippen LogP contribution in [0, 0.1) is 11.8 Å². The van der Waals surface area contributed by atoms with Gasteiger partial charge in [-0.1, -0.05) is 45.4 Å². The first-order chi connectivity index (χ1) is 16.3. The molecule has 8 nitrogen and oxygen atoms in total. The Morgan fingerprint density at radius 1 is 1.26 bits per heavy atom. The molecule has 1 fully saturated rings. The number of nitrogens with zero attached hydrogens (tertiary/aromatic N) is 1. The smallest absolute Gasteiger partial charge is 0.268 e. The molecule has 3 rings (SSSR count). The van der Waals surface area contributed by atoms with Gasteiger partial charge < -0.3 is 15.6 Å². The van der Waals surface area contributed by atoms with Crippen molar-refractivity contribution in [2.45, 2.75) is 57.9 Å². The molecule has 4 N–H and O–H groups in total. The summed E-state index contributed by atoms with van der Waals surface area (Å²) in [6, 6.07) is 8.70. The quantitative estimate of drug-likeness (QED) is 0.271. The minimum Gasteiger partial charge on any atom is -0.356 e. The van der Waals surface area contributed by atoms with Gasteiger partial charge in [0.15, 0.2) is 0 Å². The number of halogens is 1. The molecule has 1 saturated heterocycles. The number of hydrogen-bond acceptors (Lipinski definition) is 4. The van der Waals surface area contributed by atoms with Crippen LogP contribution in [0.2, 0.25) is 0 Å². The third-order valence-electron chi connectivity index (χ3n) is 6.00. The molecule has 9 heteroatoms. The number of nitrogens with one attached hydrogen (secondary N) is 4. The highest BCUT2D eigenvalue weighted by Crippen LogP contribution is 2.16. The standard InChI is InChI=1S/C25H36ClN5O3/c1-4-7-19(26)15-31(14-18-10-11-27-23(18)32)30-25(34)21(12-16(2)3)29-24(33)22-13-17-8-5-6-9-20(17)28-22/h5-6,8-9,13,16,18-19,21,28H,4,7,10-12,14-15H2,1-3H3,(H,27,32)(H,29,33)(H,30,34)/t18-,19?,21?/m1/s1. The summed E-state index contributed by atoms with van der Waals surface area (Å²) in [5, 5.41) is 8.25. The summed E-state index contributed by atoms with van der Waals surface area (Å²) < 4.78 is 0. The normalized spacial score (nSPS) is 17.7. The highest BCUT2D eigenvalue weighted by atomic mass is 35.5. The zero-order valence-electron chi connectivity index (χ0n) is 20.2. The van der Waals surface area contributed by atoms with Crippen molar-refractivity contribution in [3.63, 3.8) is 0 Å². The molecule has 1 aromatic heterocycles. The first-order valence-electron chi connectivity index (χ1n) is 12.1. The molecule has 0 aliphatic carbocycles. The predicted molar refractivity (Wildman–Crippen MR) is 134 cm³/mol. The van der Waals surface area contributed by atoms with Crippen LogP contribution in [0.4, 0.5) is 0 Å². The molecule has 3 amide bonds. The van der Waals surface area contributed by atoms with Crippen LogP contribution in [0.1, 0.15) is 56.9 Å². The number of alkyl halides is 1. The molecule has 0 radical (unpaired) electrons. The van der Waals surface area contributed by atoms with Crippen LogP contribution in [0.15, 0.2) is 30.3 Å². The third kappa shape index (κ3) is 7.21. The van der Waals surface area contributed by atoms with Gasteiger partial charge >= 0.3 is 0 Å². The lowest BCUT2D eigenvalue weighted by Crippen LogP contribution is -2.55. The number of fused-ring (bicyclic) bond motifs is 1. The number of rotatable bonds is 12. The van der Waals surface area contributed by atoms with Crippen LogP contribution in [0.5, 0.6) is 0 Å². The van der Waals surface area contributed by atoms with Crippen LogP contribution in [0.3, 0.4) is 0 Å². The second kappa shape index (κ2) is 12.2. The lowest BCUT2D eigenvalue weighted by Gasteiger charge is -2.29. The molecular weight excluding hydrogens is 454 g/mol. The van der Waals surface area contributed by atoms with Crippen LogP contribution < -0.4 is 16.1 Å². The number of hydrazine groups is 1. The molecule has 1 aromatic carbocycles. The number of aromatic amines is 1. The van der Waals surface area contributed by atoms with Crippen molar-refractivity contribution < 1.29 is 14.4 Å². The molecule has 0 bridgehead atoms. The van der Waals surface area contributed by atoms with E-state index in [0.717, 1.165) is 30.2 Å². The summed E-state index contributed by atoms with van der Waals surface area (Å²) >= 11 is 6.48. The van der Waals surface area contributed by atoms with E-state index in [0.29, 0.717) is 31.7 Å². The number of amides is 3. The fourth-order valence-electron chi connectivity index (χ4n) is 4.26. The highest BCUT2D eigenvalue weighted by Gasteiger charge is 2.30. The van der Waals surface area contributed by atoms with Crippen molar-refractivity contribution in [1.29, 1.82) is 0 Å². The maximum Gasteiger partial charge on any atom is 0.268 e. The van der Waals surface area contributed by atoms with Gasteiger partial charge in [0, 0.05) is 35.9 Å². The fourth-order valence-corrected chi connectivity index (χ4v) is 4.65. The Morgan fingerprint density at radius 3 is 2.68 bits per heavy atom. The summed E-state index contributed by atoms with van der Waals surface area (Å²) in [7, 11) is 0. The molecule has 0 saturated carbocycles. The Kier molecular flexibility index (Phi) is 9.36. The first kappa shape index (κ1) is 26.0. The van der Waals surface area contributed by atoms with E-state index in [4.69, 9.17) is 11.6 Å². The molecule has 2 unspecified atom stereocenters. The Morgan fingerprint density at radius 2 is 2.03 bits per heavy atom. The Hall–Kier alpha value is -2.58. The largest absolute Gasteiger partial charge is 0.356 e. The van der Waals surface area contributed by atoms with E-state index >= 15 is 0 Å². The second-order valence-corrected chi connectivity index (χ2v) is 10.1. The van der Waals surface area contributed by atoms with Gasteiger partial charge in [-0.2, -0.15) is 0 Å². The lowest BCUT2D eigenvalue weighted by molar-refractivity contribution is -0.130. The summed E-state index contributed by atoms with van der Waals surface area (Å²) in [6.45, 7) is 7.52. The number of carbonyl (C=O) groups excluding carboxylic acids is 3. The molecule has 186 valence electrons. The van der Waals surface area contributed by atoms with Crippen molar-refractivity contribution in [2.24, 2.45) is 11.8 Å². The first-order valence-corrected chi connectivity index (χ1v) is 12.6. The van der Waals surface area contributed by atoms with Gasteiger partial charge in [-0.15, -0.1) is 11.6 Å². The van der Waals surface area contributed by atoms with Gasteiger partial charge in [0.25, 0.3) is 11.8 Å². The zero-order chi connectivity index (χ0) is 24.7. The van der Waals surface area contributed by atoms with Crippen molar-refractivity contribution in [3.05, 3.63) is 36.0 Å². The van der Waals surface area contributed by atoms with Crippen LogP contribution >= 0.6 is 11.6 Å².